The number of rotatable bonds is 8. The number of amides is 2. The summed E-state index contributed by atoms with van der Waals surface area (Å²) in [6.45, 7) is 7.03. The number of esters is 1. The summed E-state index contributed by atoms with van der Waals surface area (Å²) < 4.78 is 15.6. The van der Waals surface area contributed by atoms with Crippen LogP contribution < -0.4 is 14.8 Å². The summed E-state index contributed by atoms with van der Waals surface area (Å²) >= 11 is 6.13. The molecule has 9 heteroatoms. The molecule has 0 saturated heterocycles. The van der Waals surface area contributed by atoms with Gasteiger partial charge in [0.15, 0.2) is 18.1 Å². The Labute approximate surface area is 170 Å². The van der Waals surface area contributed by atoms with E-state index in [1.807, 2.05) is 20.8 Å². The highest BCUT2D eigenvalue weighted by Gasteiger charge is 2.20. The molecule has 0 radical (unpaired) electrons. The zero-order valence-corrected chi connectivity index (χ0v) is 17.8. The first-order valence-corrected chi connectivity index (χ1v) is 9.08. The molecule has 0 bridgehead atoms. The van der Waals surface area contributed by atoms with Gasteiger partial charge in [-0.1, -0.05) is 11.6 Å². The van der Waals surface area contributed by atoms with Crippen LogP contribution in [0.5, 0.6) is 11.5 Å². The van der Waals surface area contributed by atoms with Crippen LogP contribution in [0.4, 0.5) is 0 Å². The molecule has 1 aromatic carbocycles. The number of hydrogen-bond acceptors (Lipinski definition) is 6. The van der Waals surface area contributed by atoms with Gasteiger partial charge in [-0.05, 0) is 39.8 Å². The molecule has 156 valence electrons. The second-order valence-corrected chi connectivity index (χ2v) is 7.45. The van der Waals surface area contributed by atoms with E-state index in [0.29, 0.717) is 12.4 Å². The van der Waals surface area contributed by atoms with Crippen LogP contribution in [-0.2, 0) is 14.3 Å². The summed E-state index contributed by atoms with van der Waals surface area (Å²) in [5, 5.41) is 2.94. The van der Waals surface area contributed by atoms with Gasteiger partial charge in [0.2, 0.25) is 5.91 Å². The first-order valence-electron chi connectivity index (χ1n) is 8.71. The van der Waals surface area contributed by atoms with Gasteiger partial charge in [0, 0.05) is 12.6 Å². The molecule has 0 aliphatic rings. The topological polar surface area (TPSA) is 94.2 Å². The molecule has 28 heavy (non-hydrogen) atoms. The molecular formula is C19H27ClN2O6. The maximum atomic E-state index is 12.2. The van der Waals surface area contributed by atoms with Crippen LogP contribution in [0.15, 0.2) is 12.1 Å². The molecule has 0 atom stereocenters. The second kappa shape index (κ2) is 10.2. The summed E-state index contributed by atoms with van der Waals surface area (Å²) in [4.78, 5) is 37.4. The molecule has 0 spiro atoms. The van der Waals surface area contributed by atoms with Crippen molar-refractivity contribution < 1.29 is 28.6 Å². The summed E-state index contributed by atoms with van der Waals surface area (Å²) in [5.74, 6) is -0.962. The maximum Gasteiger partial charge on any atom is 0.338 e. The normalized spacial score (nSPS) is 10.8. The number of hydrogen-bond donors (Lipinski definition) is 1. The fourth-order valence-corrected chi connectivity index (χ4v) is 2.47. The first-order chi connectivity index (χ1) is 13.0. The van der Waals surface area contributed by atoms with Crippen LogP contribution in [0.1, 0.15) is 38.1 Å². The third-order valence-electron chi connectivity index (χ3n) is 3.40. The lowest BCUT2D eigenvalue weighted by Gasteiger charge is -2.23. The van der Waals surface area contributed by atoms with Crippen LogP contribution >= 0.6 is 11.6 Å². The van der Waals surface area contributed by atoms with Crippen LogP contribution in [0.3, 0.4) is 0 Å². The van der Waals surface area contributed by atoms with Gasteiger partial charge in [0.05, 0.1) is 30.8 Å². The molecule has 0 heterocycles. The zero-order chi connectivity index (χ0) is 21.5. The molecule has 8 nitrogen and oxygen atoms in total. The summed E-state index contributed by atoms with van der Waals surface area (Å²) in [6, 6.07) is 2.80. The average Bonchev–Trinajstić information content (AvgIpc) is 2.58. The summed E-state index contributed by atoms with van der Waals surface area (Å²) in [7, 11) is 2.87. The van der Waals surface area contributed by atoms with E-state index in [-0.39, 0.29) is 28.8 Å². The Kier molecular flexibility index (Phi) is 8.56. The lowest BCUT2D eigenvalue weighted by Crippen LogP contribution is -2.46. The van der Waals surface area contributed by atoms with Gasteiger partial charge in [0.25, 0.3) is 5.91 Å². The Balaban J connectivity index is 2.70. The van der Waals surface area contributed by atoms with Crippen molar-refractivity contribution in [2.75, 3.05) is 33.9 Å². The molecule has 0 aliphatic carbocycles. The summed E-state index contributed by atoms with van der Waals surface area (Å²) in [5.41, 5.74) is -0.286. The van der Waals surface area contributed by atoms with Crippen molar-refractivity contribution in [2.45, 2.75) is 33.2 Å². The maximum absolute atomic E-state index is 12.2. The number of benzene rings is 1. The quantitative estimate of drug-likeness (QED) is 0.656. The standard InChI is InChI=1S/C19H27ClN2O6/c1-7-27-17-13(20)8-12(9-14(17)26-6)18(25)28-11-16(24)22(5)10-15(23)21-19(2,3)4/h8-9H,7,10-11H2,1-6H3,(H,21,23). The average molecular weight is 415 g/mol. The van der Waals surface area contributed by atoms with E-state index in [9.17, 15) is 14.4 Å². The van der Waals surface area contributed by atoms with E-state index in [1.54, 1.807) is 6.92 Å². The third-order valence-corrected chi connectivity index (χ3v) is 3.68. The summed E-state index contributed by atoms with van der Waals surface area (Å²) in [6.07, 6.45) is 0. The minimum absolute atomic E-state index is 0.117. The van der Waals surface area contributed by atoms with Crippen LogP contribution in [-0.4, -0.2) is 62.1 Å². The van der Waals surface area contributed by atoms with Crippen molar-refractivity contribution >= 4 is 29.4 Å². The number of nitrogens with zero attached hydrogens (tertiary/aromatic N) is 1. The highest BCUT2D eigenvalue weighted by Crippen LogP contribution is 2.36. The Morgan fingerprint density at radius 1 is 1.21 bits per heavy atom. The molecule has 0 fully saturated rings. The molecule has 0 aliphatic heterocycles. The van der Waals surface area contributed by atoms with Crippen molar-refractivity contribution in [1.82, 2.24) is 10.2 Å². The fraction of sp³-hybridized carbons (Fsp3) is 0.526. The van der Waals surface area contributed by atoms with Crippen molar-refractivity contribution in [3.05, 3.63) is 22.7 Å². The van der Waals surface area contributed by atoms with Gasteiger partial charge in [-0.25, -0.2) is 4.79 Å². The monoisotopic (exact) mass is 414 g/mol. The molecule has 2 amide bonds. The number of likely N-dealkylation sites (N-methyl/N-ethyl adjacent to an activating group) is 1. The highest BCUT2D eigenvalue weighted by molar-refractivity contribution is 6.32. The van der Waals surface area contributed by atoms with E-state index in [4.69, 9.17) is 25.8 Å². The van der Waals surface area contributed by atoms with Gasteiger partial charge in [0.1, 0.15) is 0 Å². The molecule has 1 aromatic rings. The van der Waals surface area contributed by atoms with Gasteiger partial charge in [-0.3, -0.25) is 9.59 Å². The highest BCUT2D eigenvalue weighted by atomic mass is 35.5. The second-order valence-electron chi connectivity index (χ2n) is 7.05. The van der Waals surface area contributed by atoms with Crippen LogP contribution in [0.2, 0.25) is 5.02 Å². The Hall–Kier alpha value is -2.48. The molecule has 0 unspecified atom stereocenters. The van der Waals surface area contributed by atoms with E-state index in [2.05, 4.69) is 5.32 Å². The van der Waals surface area contributed by atoms with Crippen molar-refractivity contribution in [3.8, 4) is 11.5 Å². The van der Waals surface area contributed by atoms with Crippen LogP contribution in [0, 0.1) is 0 Å². The predicted octanol–water partition coefficient (Wildman–Crippen LogP) is 2.28. The van der Waals surface area contributed by atoms with Crippen molar-refractivity contribution in [3.63, 3.8) is 0 Å². The number of ether oxygens (including phenoxy) is 3. The zero-order valence-electron chi connectivity index (χ0n) is 17.1. The number of methoxy groups -OCH3 is 1. The van der Waals surface area contributed by atoms with Crippen LogP contribution in [0.25, 0.3) is 0 Å². The first kappa shape index (κ1) is 23.6. The Morgan fingerprint density at radius 3 is 2.39 bits per heavy atom. The minimum Gasteiger partial charge on any atom is -0.493 e. The lowest BCUT2D eigenvalue weighted by atomic mass is 10.1. The fourth-order valence-electron chi connectivity index (χ4n) is 2.20. The van der Waals surface area contributed by atoms with E-state index in [1.165, 1.54) is 31.2 Å². The van der Waals surface area contributed by atoms with Gasteiger partial charge in [-0.15, -0.1) is 0 Å². The number of carbonyl (C=O) groups is 3. The number of nitrogens with one attached hydrogen (secondary N) is 1. The smallest absolute Gasteiger partial charge is 0.338 e. The van der Waals surface area contributed by atoms with Gasteiger partial charge >= 0.3 is 5.97 Å². The molecule has 0 saturated carbocycles. The van der Waals surface area contributed by atoms with Gasteiger partial charge in [-0.2, -0.15) is 0 Å². The van der Waals surface area contributed by atoms with E-state index < -0.39 is 24.0 Å². The SMILES string of the molecule is CCOc1c(Cl)cc(C(=O)OCC(=O)N(C)CC(=O)NC(C)(C)C)cc1OC. The number of carbonyl (C=O) groups excluding carboxylic acids is 3. The Bertz CT molecular complexity index is 730. The molecule has 1 rings (SSSR count). The molecule has 1 N–H and O–H groups in total. The number of halogens is 1. The van der Waals surface area contributed by atoms with Crippen molar-refractivity contribution in [2.24, 2.45) is 0 Å². The van der Waals surface area contributed by atoms with Gasteiger partial charge < -0.3 is 24.4 Å². The van der Waals surface area contributed by atoms with E-state index in [0.717, 1.165) is 0 Å². The Morgan fingerprint density at radius 2 is 1.86 bits per heavy atom. The molecule has 0 aromatic heterocycles. The lowest BCUT2D eigenvalue weighted by molar-refractivity contribution is -0.137. The predicted molar refractivity (Wildman–Crippen MR) is 105 cm³/mol. The molecular weight excluding hydrogens is 388 g/mol. The third kappa shape index (κ3) is 7.26. The van der Waals surface area contributed by atoms with E-state index >= 15 is 0 Å². The van der Waals surface area contributed by atoms with Crippen molar-refractivity contribution in [1.29, 1.82) is 0 Å². The minimum atomic E-state index is -0.746. The largest absolute Gasteiger partial charge is 0.493 e.